The van der Waals surface area contributed by atoms with E-state index in [1.165, 1.54) is 4.90 Å². The van der Waals surface area contributed by atoms with Crippen molar-refractivity contribution in [3.8, 4) is 0 Å². The third kappa shape index (κ3) is 2.52. The molecule has 5 heteroatoms. The molecule has 3 amide bonds. The Balaban J connectivity index is 2.09. The fourth-order valence-electron chi connectivity index (χ4n) is 2.92. The zero-order chi connectivity index (χ0) is 16.6. The van der Waals surface area contributed by atoms with Gasteiger partial charge in [-0.25, -0.2) is 4.79 Å². The predicted molar refractivity (Wildman–Crippen MR) is 90.8 cm³/mol. The summed E-state index contributed by atoms with van der Waals surface area (Å²) in [7, 11) is 0. The molecule has 1 aliphatic heterocycles. The predicted octanol–water partition coefficient (Wildman–Crippen LogP) is 3.52. The highest BCUT2D eigenvalue weighted by Crippen LogP contribution is 2.28. The maximum Gasteiger partial charge on any atom is 0.328 e. The molecular weight excluding hydrogens is 290 g/mol. The van der Waals surface area contributed by atoms with Crippen LogP contribution in [0.2, 0.25) is 0 Å². The Morgan fingerprint density at radius 3 is 2.61 bits per heavy atom. The van der Waals surface area contributed by atoms with Gasteiger partial charge in [0.05, 0.1) is 0 Å². The molecular formula is C18H21N3O2. The lowest BCUT2D eigenvalue weighted by Crippen LogP contribution is -2.30. The molecule has 23 heavy (non-hydrogen) atoms. The standard InChI is InChI=1S/C18H21N3O2/c1-4-12(3)21-11-13(14-8-6-7-9-16(14)21)10-15-17(22)20(5-2)18(23)19-15/h6-12H,4-5H2,1-3H3,(H,19,23)/b15-10-/t12-/m1/s1. The molecule has 1 aromatic heterocycles. The van der Waals surface area contributed by atoms with E-state index in [1.807, 2.05) is 18.2 Å². The van der Waals surface area contributed by atoms with Crippen molar-refractivity contribution in [2.24, 2.45) is 0 Å². The monoisotopic (exact) mass is 311 g/mol. The number of para-hydroxylation sites is 1. The highest BCUT2D eigenvalue weighted by atomic mass is 16.2. The smallest absolute Gasteiger partial charge is 0.328 e. The van der Waals surface area contributed by atoms with Crippen LogP contribution in [0.3, 0.4) is 0 Å². The van der Waals surface area contributed by atoms with E-state index in [2.05, 4.69) is 36.0 Å². The van der Waals surface area contributed by atoms with Crippen LogP contribution in [-0.2, 0) is 4.79 Å². The number of imide groups is 1. The zero-order valence-electron chi connectivity index (χ0n) is 13.7. The number of aromatic nitrogens is 1. The molecule has 2 aromatic rings. The quantitative estimate of drug-likeness (QED) is 0.694. The lowest BCUT2D eigenvalue weighted by Gasteiger charge is -2.12. The van der Waals surface area contributed by atoms with Crippen LogP contribution in [0.1, 0.15) is 38.8 Å². The van der Waals surface area contributed by atoms with Crippen LogP contribution >= 0.6 is 0 Å². The summed E-state index contributed by atoms with van der Waals surface area (Å²) in [4.78, 5) is 25.2. The topological polar surface area (TPSA) is 54.3 Å². The molecule has 0 saturated carbocycles. The van der Waals surface area contributed by atoms with E-state index in [4.69, 9.17) is 0 Å². The Labute approximate surface area is 135 Å². The molecule has 0 spiro atoms. The van der Waals surface area contributed by atoms with Crippen LogP contribution < -0.4 is 5.32 Å². The van der Waals surface area contributed by atoms with Crippen molar-refractivity contribution < 1.29 is 9.59 Å². The third-order valence-electron chi connectivity index (χ3n) is 4.42. The second-order valence-electron chi connectivity index (χ2n) is 5.80. The van der Waals surface area contributed by atoms with Crippen LogP contribution in [0.15, 0.2) is 36.2 Å². The normalized spacial score (nSPS) is 18.0. The number of hydrogen-bond donors (Lipinski definition) is 1. The number of urea groups is 1. The number of hydrogen-bond acceptors (Lipinski definition) is 2. The van der Waals surface area contributed by atoms with Gasteiger partial charge in [-0.3, -0.25) is 9.69 Å². The third-order valence-corrected chi connectivity index (χ3v) is 4.42. The van der Waals surface area contributed by atoms with Crippen molar-refractivity contribution in [3.05, 3.63) is 41.7 Å². The Kier molecular flexibility index (Phi) is 3.94. The van der Waals surface area contributed by atoms with Crippen molar-refractivity contribution in [2.75, 3.05) is 6.54 Å². The van der Waals surface area contributed by atoms with Crippen molar-refractivity contribution in [3.63, 3.8) is 0 Å². The van der Waals surface area contributed by atoms with Gasteiger partial charge in [0, 0.05) is 35.2 Å². The number of likely N-dealkylation sites (N-methyl/N-ethyl adjacent to an activating group) is 1. The first-order valence-electron chi connectivity index (χ1n) is 8.00. The molecule has 3 rings (SSSR count). The van der Waals surface area contributed by atoms with Crippen molar-refractivity contribution >= 4 is 28.9 Å². The van der Waals surface area contributed by atoms with E-state index in [0.29, 0.717) is 18.3 Å². The van der Waals surface area contributed by atoms with Gasteiger partial charge in [0.15, 0.2) is 0 Å². The number of carbonyl (C=O) groups excluding carboxylic acids is 2. The van der Waals surface area contributed by atoms with Crippen molar-refractivity contribution in [1.82, 2.24) is 14.8 Å². The molecule has 1 atom stereocenters. The highest BCUT2D eigenvalue weighted by Gasteiger charge is 2.32. The summed E-state index contributed by atoms with van der Waals surface area (Å²) in [5.41, 5.74) is 2.42. The first-order valence-corrected chi connectivity index (χ1v) is 8.00. The molecule has 1 N–H and O–H groups in total. The summed E-state index contributed by atoms with van der Waals surface area (Å²) in [5.74, 6) is -0.266. The molecule has 1 saturated heterocycles. The van der Waals surface area contributed by atoms with E-state index in [9.17, 15) is 9.59 Å². The van der Waals surface area contributed by atoms with Crippen LogP contribution in [0, 0.1) is 0 Å². The van der Waals surface area contributed by atoms with Crippen LogP contribution in [-0.4, -0.2) is 28.0 Å². The zero-order valence-corrected chi connectivity index (χ0v) is 13.7. The number of nitrogens with zero attached hydrogens (tertiary/aromatic N) is 2. The van der Waals surface area contributed by atoms with Gasteiger partial charge in [-0.15, -0.1) is 0 Å². The van der Waals surface area contributed by atoms with Crippen LogP contribution in [0.4, 0.5) is 4.79 Å². The highest BCUT2D eigenvalue weighted by molar-refractivity contribution is 6.14. The summed E-state index contributed by atoms with van der Waals surface area (Å²) >= 11 is 0. The van der Waals surface area contributed by atoms with Gasteiger partial charge < -0.3 is 9.88 Å². The Morgan fingerprint density at radius 2 is 1.96 bits per heavy atom. The van der Waals surface area contributed by atoms with E-state index in [1.54, 1.807) is 13.0 Å². The number of carbonyl (C=O) groups is 2. The van der Waals surface area contributed by atoms with Crippen LogP contribution in [0.5, 0.6) is 0 Å². The summed E-state index contributed by atoms with van der Waals surface area (Å²) in [6, 6.07) is 8.14. The summed E-state index contributed by atoms with van der Waals surface area (Å²) in [6.07, 6.45) is 4.85. The fraction of sp³-hybridized carbons (Fsp3) is 0.333. The van der Waals surface area contributed by atoms with Gasteiger partial charge in [0.1, 0.15) is 5.70 Å². The molecule has 0 radical (unpaired) electrons. The first kappa shape index (κ1) is 15.3. The minimum atomic E-state index is -0.352. The number of rotatable bonds is 4. The lowest BCUT2D eigenvalue weighted by molar-refractivity contribution is -0.122. The fourth-order valence-corrected chi connectivity index (χ4v) is 2.92. The average Bonchev–Trinajstić information content (AvgIpc) is 3.05. The van der Waals surface area contributed by atoms with Gasteiger partial charge in [0.25, 0.3) is 5.91 Å². The molecule has 2 heterocycles. The number of fused-ring (bicyclic) bond motifs is 1. The largest absolute Gasteiger partial charge is 0.344 e. The summed E-state index contributed by atoms with van der Waals surface area (Å²) in [5, 5.41) is 3.74. The maximum absolute atomic E-state index is 12.3. The molecule has 0 unspecified atom stereocenters. The maximum atomic E-state index is 12.3. The van der Waals surface area contributed by atoms with Gasteiger partial charge in [0.2, 0.25) is 0 Å². The lowest BCUT2D eigenvalue weighted by atomic mass is 10.1. The second-order valence-corrected chi connectivity index (χ2v) is 5.80. The van der Waals surface area contributed by atoms with Crippen LogP contribution in [0.25, 0.3) is 17.0 Å². The minimum Gasteiger partial charge on any atom is -0.344 e. The van der Waals surface area contributed by atoms with E-state index >= 15 is 0 Å². The molecule has 5 nitrogen and oxygen atoms in total. The SMILES string of the molecule is CC[C@@H](C)n1cc(/C=C2\NC(=O)N(CC)C2=O)c2ccccc21. The van der Waals surface area contributed by atoms with E-state index < -0.39 is 0 Å². The minimum absolute atomic E-state index is 0.266. The van der Waals surface area contributed by atoms with E-state index in [0.717, 1.165) is 22.9 Å². The van der Waals surface area contributed by atoms with Gasteiger partial charge >= 0.3 is 6.03 Å². The van der Waals surface area contributed by atoms with Gasteiger partial charge in [-0.2, -0.15) is 0 Å². The van der Waals surface area contributed by atoms with Crippen molar-refractivity contribution in [1.29, 1.82) is 0 Å². The van der Waals surface area contributed by atoms with Crippen molar-refractivity contribution in [2.45, 2.75) is 33.2 Å². The summed E-state index contributed by atoms with van der Waals surface area (Å²) < 4.78 is 2.22. The summed E-state index contributed by atoms with van der Waals surface area (Å²) in [6.45, 7) is 6.48. The molecule has 1 fully saturated rings. The Morgan fingerprint density at radius 1 is 1.22 bits per heavy atom. The number of amides is 3. The number of benzene rings is 1. The van der Waals surface area contributed by atoms with Gasteiger partial charge in [-0.05, 0) is 32.4 Å². The first-order chi connectivity index (χ1) is 11.1. The van der Waals surface area contributed by atoms with E-state index in [-0.39, 0.29) is 11.9 Å². The molecule has 0 bridgehead atoms. The second kappa shape index (κ2) is 5.91. The molecule has 1 aliphatic rings. The molecule has 0 aliphatic carbocycles. The Bertz CT molecular complexity index is 804. The van der Waals surface area contributed by atoms with Gasteiger partial charge in [-0.1, -0.05) is 25.1 Å². The number of nitrogens with one attached hydrogen (secondary N) is 1. The average molecular weight is 311 g/mol. The molecule has 1 aromatic carbocycles. The molecule has 120 valence electrons. The Hall–Kier alpha value is -2.56.